The molecule has 0 aliphatic heterocycles. The lowest BCUT2D eigenvalue weighted by Gasteiger charge is -2.02. The molecule has 0 unspecified atom stereocenters. The second-order valence-electron chi connectivity index (χ2n) is 2.52. The topological polar surface area (TPSA) is 83.8 Å². The van der Waals surface area contributed by atoms with Gasteiger partial charge in [-0.15, -0.1) is 0 Å². The lowest BCUT2D eigenvalue weighted by molar-refractivity contribution is -0.139. The van der Waals surface area contributed by atoms with Crippen LogP contribution in [0, 0.1) is 0 Å². The predicted molar refractivity (Wildman–Crippen MR) is 48.6 cm³/mol. The number of carbonyl (C=O) groups is 2. The first-order valence-electron chi connectivity index (χ1n) is 3.87. The van der Waals surface area contributed by atoms with Crippen molar-refractivity contribution in [3.63, 3.8) is 0 Å². The highest BCUT2D eigenvalue weighted by molar-refractivity contribution is 5.94. The Bertz CT molecular complexity index is 277. The summed E-state index contributed by atoms with van der Waals surface area (Å²) in [5.41, 5.74) is -0.0608. The Balaban J connectivity index is 4.30. The zero-order chi connectivity index (χ0) is 11.1. The zero-order valence-electron chi connectivity index (χ0n) is 7.82. The van der Waals surface area contributed by atoms with Crippen molar-refractivity contribution >= 4 is 11.9 Å². The van der Waals surface area contributed by atoms with E-state index < -0.39 is 11.9 Å². The lowest BCUT2D eigenvalue weighted by atomic mass is 10.2. The summed E-state index contributed by atoms with van der Waals surface area (Å²) >= 11 is 0. The summed E-state index contributed by atoms with van der Waals surface area (Å²) in [5, 5.41) is 16.8. The molecule has 0 rings (SSSR count). The first-order chi connectivity index (χ1) is 6.49. The fourth-order valence-corrected chi connectivity index (χ4v) is 0.634. The molecule has 0 spiro atoms. The highest BCUT2D eigenvalue weighted by atomic mass is 16.5. The fourth-order valence-electron chi connectivity index (χ4n) is 0.634. The van der Waals surface area contributed by atoms with E-state index in [0.29, 0.717) is 0 Å². The molecule has 0 saturated heterocycles. The van der Waals surface area contributed by atoms with Crippen LogP contribution < -0.4 is 0 Å². The number of carboxylic acids is 1. The van der Waals surface area contributed by atoms with Gasteiger partial charge in [0.25, 0.3) is 0 Å². The summed E-state index contributed by atoms with van der Waals surface area (Å²) in [4.78, 5) is 21.4. The van der Waals surface area contributed by atoms with Crippen LogP contribution in [-0.4, -0.2) is 35.4 Å². The molecule has 0 amide bonds. The molecule has 0 aliphatic carbocycles. The number of hydrogen-bond donors (Lipinski definition) is 2. The van der Waals surface area contributed by atoms with Gasteiger partial charge in [-0.3, -0.25) is 0 Å². The van der Waals surface area contributed by atoms with E-state index in [1.165, 1.54) is 6.92 Å². The first-order valence-corrected chi connectivity index (χ1v) is 3.87. The average molecular weight is 200 g/mol. The third kappa shape index (κ3) is 4.42. The van der Waals surface area contributed by atoms with Gasteiger partial charge in [0, 0.05) is 5.57 Å². The van der Waals surface area contributed by atoms with E-state index in [-0.39, 0.29) is 24.4 Å². The van der Waals surface area contributed by atoms with Gasteiger partial charge in [0.05, 0.1) is 12.2 Å². The van der Waals surface area contributed by atoms with Crippen LogP contribution in [-0.2, 0) is 14.3 Å². The molecule has 2 N–H and O–H groups in total. The van der Waals surface area contributed by atoms with Crippen molar-refractivity contribution in [3.8, 4) is 0 Å². The van der Waals surface area contributed by atoms with Crippen LogP contribution in [0.15, 0.2) is 23.8 Å². The summed E-state index contributed by atoms with van der Waals surface area (Å²) in [6, 6.07) is 0. The second-order valence-corrected chi connectivity index (χ2v) is 2.52. The minimum absolute atomic E-state index is 0.108. The van der Waals surface area contributed by atoms with Crippen molar-refractivity contribution in [3.05, 3.63) is 23.8 Å². The van der Waals surface area contributed by atoms with Gasteiger partial charge in [-0.2, -0.15) is 0 Å². The van der Waals surface area contributed by atoms with E-state index in [0.717, 1.165) is 6.08 Å². The summed E-state index contributed by atoms with van der Waals surface area (Å²) < 4.78 is 4.54. The summed E-state index contributed by atoms with van der Waals surface area (Å²) in [7, 11) is 0. The van der Waals surface area contributed by atoms with E-state index >= 15 is 0 Å². The smallest absolute Gasteiger partial charge is 0.335 e. The van der Waals surface area contributed by atoms with Gasteiger partial charge < -0.3 is 14.9 Å². The molecule has 0 atom stereocenters. The number of hydrogen-bond acceptors (Lipinski definition) is 4. The number of aliphatic carboxylic acids is 1. The molecule has 5 nitrogen and oxygen atoms in total. The Morgan fingerprint density at radius 3 is 2.50 bits per heavy atom. The highest BCUT2D eigenvalue weighted by Crippen LogP contribution is 2.02. The molecule has 0 radical (unpaired) electrons. The van der Waals surface area contributed by atoms with Gasteiger partial charge in [0.2, 0.25) is 0 Å². The lowest BCUT2D eigenvalue weighted by Crippen LogP contribution is -2.10. The van der Waals surface area contributed by atoms with Crippen molar-refractivity contribution in [1.82, 2.24) is 0 Å². The molecule has 0 aromatic rings. The third-order valence-electron chi connectivity index (χ3n) is 1.31. The van der Waals surface area contributed by atoms with Crippen LogP contribution >= 0.6 is 0 Å². The van der Waals surface area contributed by atoms with Gasteiger partial charge >= 0.3 is 11.9 Å². The molecule has 0 heterocycles. The monoisotopic (exact) mass is 200 g/mol. The van der Waals surface area contributed by atoms with Crippen molar-refractivity contribution in [2.75, 3.05) is 13.2 Å². The van der Waals surface area contributed by atoms with Crippen molar-refractivity contribution in [1.29, 1.82) is 0 Å². The second kappa shape index (κ2) is 5.93. The van der Waals surface area contributed by atoms with Gasteiger partial charge in [0.15, 0.2) is 0 Å². The summed E-state index contributed by atoms with van der Waals surface area (Å²) in [6.45, 7) is 4.26. The van der Waals surface area contributed by atoms with Crippen LogP contribution in [0.2, 0.25) is 0 Å². The molecular weight excluding hydrogens is 188 g/mol. The van der Waals surface area contributed by atoms with Crippen LogP contribution in [0.25, 0.3) is 0 Å². The number of carbonyl (C=O) groups excluding carboxylic acids is 1. The molecule has 78 valence electrons. The van der Waals surface area contributed by atoms with E-state index in [4.69, 9.17) is 10.2 Å². The van der Waals surface area contributed by atoms with E-state index in [1.807, 2.05) is 0 Å². The Labute approximate surface area is 81.3 Å². The Morgan fingerprint density at radius 1 is 1.50 bits per heavy atom. The number of aliphatic hydroxyl groups is 1. The maximum atomic E-state index is 11.0. The fraction of sp³-hybridized carbons (Fsp3) is 0.333. The minimum atomic E-state index is -1.20. The average Bonchev–Trinajstić information content (AvgIpc) is 2.13. The molecule has 0 fully saturated rings. The Kier molecular flexibility index (Phi) is 5.24. The third-order valence-corrected chi connectivity index (χ3v) is 1.31. The molecule has 0 saturated carbocycles. The SMILES string of the molecule is C=C(C=C(C)C(=O)OCCO)C(=O)O. The van der Waals surface area contributed by atoms with Gasteiger partial charge in [-0.25, -0.2) is 9.59 Å². The number of ether oxygens (including phenoxy) is 1. The van der Waals surface area contributed by atoms with Crippen LogP contribution in [0.3, 0.4) is 0 Å². The van der Waals surface area contributed by atoms with Crippen LogP contribution in [0.5, 0.6) is 0 Å². The summed E-state index contributed by atoms with van der Waals surface area (Å²) in [6.07, 6.45) is 1.11. The molecule has 0 aliphatic rings. The van der Waals surface area contributed by atoms with Gasteiger partial charge in [0.1, 0.15) is 6.61 Å². The molecule has 0 bridgehead atoms. The van der Waals surface area contributed by atoms with E-state index in [2.05, 4.69) is 11.3 Å². The zero-order valence-corrected chi connectivity index (χ0v) is 7.82. The molecular formula is C9H12O5. The van der Waals surface area contributed by atoms with Crippen molar-refractivity contribution in [2.45, 2.75) is 6.92 Å². The standard InChI is InChI=1S/C9H12O5/c1-6(8(11)12)5-7(2)9(13)14-4-3-10/h5,10H,1,3-4H2,2H3,(H,11,12). The number of rotatable bonds is 5. The molecule has 5 heteroatoms. The quantitative estimate of drug-likeness (QED) is 0.374. The van der Waals surface area contributed by atoms with Crippen molar-refractivity contribution in [2.24, 2.45) is 0 Å². The molecule has 0 aromatic carbocycles. The van der Waals surface area contributed by atoms with E-state index in [9.17, 15) is 9.59 Å². The molecule has 0 aromatic heterocycles. The summed E-state index contributed by atoms with van der Waals surface area (Å²) in [5.74, 6) is -1.86. The van der Waals surface area contributed by atoms with Gasteiger partial charge in [-0.1, -0.05) is 6.58 Å². The highest BCUT2D eigenvalue weighted by Gasteiger charge is 2.08. The maximum absolute atomic E-state index is 11.0. The predicted octanol–water partition coefficient (Wildman–Crippen LogP) is 0.109. The van der Waals surface area contributed by atoms with Gasteiger partial charge in [-0.05, 0) is 13.0 Å². The Hall–Kier alpha value is -1.62. The maximum Gasteiger partial charge on any atom is 0.335 e. The number of aliphatic hydroxyl groups excluding tert-OH is 1. The van der Waals surface area contributed by atoms with Crippen molar-refractivity contribution < 1.29 is 24.5 Å². The first kappa shape index (κ1) is 12.4. The van der Waals surface area contributed by atoms with E-state index in [1.54, 1.807) is 0 Å². The molecule has 14 heavy (non-hydrogen) atoms. The Morgan fingerprint density at radius 2 is 2.07 bits per heavy atom. The minimum Gasteiger partial charge on any atom is -0.478 e. The normalized spacial score (nSPS) is 10.9. The largest absolute Gasteiger partial charge is 0.478 e. The number of carboxylic acid groups (broad SMARTS) is 1. The van der Waals surface area contributed by atoms with Crippen LogP contribution in [0.1, 0.15) is 6.92 Å². The van der Waals surface area contributed by atoms with Crippen LogP contribution in [0.4, 0.5) is 0 Å². The number of esters is 1.